The van der Waals surface area contributed by atoms with Crippen LogP contribution >= 0.6 is 12.4 Å². The maximum absolute atomic E-state index is 13.0. The fraction of sp³-hybridized carbons (Fsp3) is 0.300. The first-order valence-corrected chi connectivity index (χ1v) is 9.22. The Morgan fingerprint density at radius 1 is 1.17 bits per heavy atom. The highest BCUT2D eigenvalue weighted by atomic mass is 35.5. The van der Waals surface area contributed by atoms with Crippen LogP contribution in [0.25, 0.3) is 11.4 Å². The number of benzene rings is 2. The molecule has 1 aliphatic rings. The molecule has 2 heterocycles. The number of carbonyl (C=O) groups excluding carboxylic acids is 1. The van der Waals surface area contributed by atoms with Crippen molar-refractivity contribution in [3.05, 3.63) is 60.2 Å². The minimum atomic E-state index is -0.102. The highest BCUT2D eigenvalue weighted by Crippen LogP contribution is 2.30. The zero-order chi connectivity index (χ0) is 19.3. The summed E-state index contributed by atoms with van der Waals surface area (Å²) in [6.45, 7) is 2.08. The number of tetrazole rings is 1. The Morgan fingerprint density at radius 2 is 1.93 bits per heavy atom. The average Bonchev–Trinajstić information content (AvgIpc) is 3.23. The van der Waals surface area contributed by atoms with Gasteiger partial charge in [-0.2, -0.15) is 4.80 Å². The van der Waals surface area contributed by atoms with E-state index in [9.17, 15) is 4.79 Å². The van der Waals surface area contributed by atoms with Gasteiger partial charge in [-0.05, 0) is 11.3 Å². The fourth-order valence-corrected chi connectivity index (χ4v) is 3.45. The number of amides is 1. The van der Waals surface area contributed by atoms with Gasteiger partial charge in [0, 0.05) is 30.8 Å². The monoisotopic (exact) mass is 414 g/mol. The second-order valence-electron chi connectivity index (χ2n) is 6.56. The molecule has 1 saturated heterocycles. The van der Waals surface area contributed by atoms with Gasteiger partial charge >= 0.3 is 0 Å². The predicted octanol–water partition coefficient (Wildman–Crippen LogP) is 1.94. The first kappa shape index (κ1) is 20.8. The van der Waals surface area contributed by atoms with Gasteiger partial charge in [0.05, 0.1) is 13.2 Å². The zero-order valence-corrected chi connectivity index (χ0v) is 16.9. The van der Waals surface area contributed by atoms with E-state index >= 15 is 0 Å². The first-order chi connectivity index (χ1) is 13.8. The van der Waals surface area contributed by atoms with Crippen molar-refractivity contribution < 1.29 is 9.53 Å². The van der Waals surface area contributed by atoms with Crippen LogP contribution in [0.1, 0.15) is 11.6 Å². The van der Waals surface area contributed by atoms with E-state index in [1.807, 2.05) is 59.5 Å². The molecule has 1 amide bonds. The Bertz CT molecular complexity index is 949. The highest BCUT2D eigenvalue weighted by Gasteiger charge is 2.30. The fourth-order valence-electron chi connectivity index (χ4n) is 3.45. The smallest absolute Gasteiger partial charge is 0.246 e. The molecule has 152 valence electrons. The van der Waals surface area contributed by atoms with Crippen LogP contribution in [0, 0.1) is 0 Å². The lowest BCUT2D eigenvalue weighted by Gasteiger charge is -2.37. The van der Waals surface area contributed by atoms with Crippen LogP contribution < -0.4 is 10.1 Å². The van der Waals surface area contributed by atoms with Gasteiger partial charge in [-0.1, -0.05) is 48.5 Å². The summed E-state index contributed by atoms with van der Waals surface area (Å²) in [5.74, 6) is 1.24. The largest absolute Gasteiger partial charge is 0.496 e. The summed E-state index contributed by atoms with van der Waals surface area (Å²) in [6, 6.07) is 17.3. The third-order valence-corrected chi connectivity index (χ3v) is 4.82. The number of hydrogen-bond acceptors (Lipinski definition) is 6. The summed E-state index contributed by atoms with van der Waals surface area (Å²) in [6.07, 6.45) is 0. The van der Waals surface area contributed by atoms with Crippen molar-refractivity contribution in [2.75, 3.05) is 26.7 Å². The highest BCUT2D eigenvalue weighted by molar-refractivity contribution is 5.85. The molecule has 0 bridgehead atoms. The second-order valence-corrected chi connectivity index (χ2v) is 6.56. The number of nitrogens with zero attached hydrogens (tertiary/aromatic N) is 5. The summed E-state index contributed by atoms with van der Waals surface area (Å²) in [4.78, 5) is 16.2. The normalized spacial score (nSPS) is 16.2. The molecule has 1 fully saturated rings. The van der Waals surface area contributed by atoms with Crippen LogP contribution in [0.15, 0.2) is 54.6 Å². The van der Waals surface area contributed by atoms with Gasteiger partial charge in [0.1, 0.15) is 12.3 Å². The number of hydrogen-bond donors (Lipinski definition) is 1. The van der Waals surface area contributed by atoms with E-state index in [2.05, 4.69) is 20.7 Å². The first-order valence-electron chi connectivity index (χ1n) is 9.22. The van der Waals surface area contributed by atoms with Crippen molar-refractivity contribution in [1.29, 1.82) is 0 Å². The number of aromatic nitrogens is 4. The minimum absolute atomic E-state index is 0. The molecular weight excluding hydrogens is 392 g/mol. The van der Waals surface area contributed by atoms with E-state index in [0.29, 0.717) is 18.9 Å². The molecule has 1 unspecified atom stereocenters. The number of carbonyl (C=O) groups is 1. The molecule has 8 nitrogen and oxygen atoms in total. The lowest BCUT2D eigenvalue weighted by Crippen LogP contribution is -2.49. The number of para-hydroxylation sites is 1. The van der Waals surface area contributed by atoms with E-state index in [-0.39, 0.29) is 30.9 Å². The lowest BCUT2D eigenvalue weighted by atomic mass is 10.0. The van der Waals surface area contributed by atoms with Crippen molar-refractivity contribution in [1.82, 2.24) is 30.4 Å². The summed E-state index contributed by atoms with van der Waals surface area (Å²) >= 11 is 0. The van der Waals surface area contributed by atoms with E-state index in [4.69, 9.17) is 4.74 Å². The van der Waals surface area contributed by atoms with E-state index in [1.54, 1.807) is 7.11 Å². The molecule has 4 rings (SSSR count). The van der Waals surface area contributed by atoms with Crippen LogP contribution in [0.4, 0.5) is 0 Å². The molecule has 9 heteroatoms. The topological polar surface area (TPSA) is 85.2 Å². The van der Waals surface area contributed by atoms with E-state index in [0.717, 1.165) is 23.4 Å². The summed E-state index contributed by atoms with van der Waals surface area (Å²) in [5, 5.41) is 15.8. The molecule has 0 radical (unpaired) electrons. The van der Waals surface area contributed by atoms with Crippen LogP contribution in [0.3, 0.4) is 0 Å². The quantitative estimate of drug-likeness (QED) is 0.686. The average molecular weight is 415 g/mol. The Labute approximate surface area is 175 Å². The Kier molecular flexibility index (Phi) is 6.79. The standard InChI is InChI=1S/C20H22N6O2.ClH/c1-28-18-10-6-5-9-16(18)17-13-21-11-12-25(17)19(27)14-26-23-20(22-24-26)15-7-3-2-4-8-15;/h2-10,17,21H,11-14H2,1H3;1H. The Hall–Kier alpha value is -2.97. The van der Waals surface area contributed by atoms with Gasteiger partial charge in [0.2, 0.25) is 11.7 Å². The number of nitrogens with one attached hydrogen (secondary N) is 1. The van der Waals surface area contributed by atoms with Crippen molar-refractivity contribution in [3.63, 3.8) is 0 Å². The molecule has 1 N–H and O–H groups in total. The summed E-state index contributed by atoms with van der Waals surface area (Å²) in [5.41, 5.74) is 1.86. The van der Waals surface area contributed by atoms with Crippen LogP contribution in [0.2, 0.25) is 0 Å². The predicted molar refractivity (Wildman–Crippen MR) is 111 cm³/mol. The van der Waals surface area contributed by atoms with Gasteiger partial charge in [-0.15, -0.1) is 22.6 Å². The number of piperazine rings is 1. The molecule has 29 heavy (non-hydrogen) atoms. The van der Waals surface area contributed by atoms with Crippen molar-refractivity contribution >= 4 is 18.3 Å². The number of rotatable bonds is 5. The Balaban J connectivity index is 0.00000240. The van der Waals surface area contributed by atoms with Crippen LogP contribution in [0.5, 0.6) is 5.75 Å². The van der Waals surface area contributed by atoms with Crippen LogP contribution in [-0.4, -0.2) is 57.8 Å². The molecule has 0 saturated carbocycles. The summed E-state index contributed by atoms with van der Waals surface area (Å²) < 4.78 is 5.49. The molecule has 2 aromatic carbocycles. The molecule has 0 aliphatic carbocycles. The molecule has 0 spiro atoms. The number of ether oxygens (including phenoxy) is 1. The molecular formula is C20H23ClN6O2. The summed E-state index contributed by atoms with van der Waals surface area (Å²) in [7, 11) is 1.64. The van der Waals surface area contributed by atoms with E-state index in [1.165, 1.54) is 4.80 Å². The van der Waals surface area contributed by atoms with Crippen molar-refractivity contribution in [3.8, 4) is 17.1 Å². The third-order valence-electron chi connectivity index (χ3n) is 4.82. The third kappa shape index (κ3) is 4.55. The number of methoxy groups -OCH3 is 1. The molecule has 1 aliphatic heterocycles. The molecule has 3 aromatic rings. The zero-order valence-electron chi connectivity index (χ0n) is 16.1. The van der Waals surface area contributed by atoms with Gasteiger partial charge in [0.25, 0.3) is 0 Å². The molecule has 1 aromatic heterocycles. The van der Waals surface area contributed by atoms with Crippen molar-refractivity contribution in [2.45, 2.75) is 12.6 Å². The van der Waals surface area contributed by atoms with Gasteiger partial charge < -0.3 is 15.0 Å². The SMILES string of the molecule is COc1ccccc1C1CNCCN1C(=O)Cn1nnc(-c2ccccc2)n1.Cl. The van der Waals surface area contributed by atoms with Gasteiger partial charge in [0.15, 0.2) is 0 Å². The molecule has 1 atom stereocenters. The minimum Gasteiger partial charge on any atom is -0.496 e. The van der Waals surface area contributed by atoms with Gasteiger partial charge in [-0.25, -0.2) is 0 Å². The van der Waals surface area contributed by atoms with Crippen molar-refractivity contribution in [2.24, 2.45) is 0 Å². The van der Waals surface area contributed by atoms with Crippen LogP contribution in [-0.2, 0) is 11.3 Å². The van der Waals surface area contributed by atoms with E-state index < -0.39 is 0 Å². The number of halogens is 1. The van der Waals surface area contributed by atoms with Gasteiger partial charge in [-0.3, -0.25) is 4.79 Å². The second kappa shape index (κ2) is 9.49. The maximum Gasteiger partial charge on any atom is 0.246 e. The maximum atomic E-state index is 13.0. The Morgan fingerprint density at radius 3 is 2.72 bits per heavy atom. The lowest BCUT2D eigenvalue weighted by molar-refractivity contribution is -0.135.